The summed E-state index contributed by atoms with van der Waals surface area (Å²) in [6.45, 7) is 0.198. The maximum atomic E-state index is 13.5. The Kier molecular flexibility index (Phi) is 4.68. The number of carbonyl (C=O) groups is 2. The van der Waals surface area contributed by atoms with E-state index in [1.54, 1.807) is 6.07 Å². The third-order valence-electron chi connectivity index (χ3n) is 5.12. The molecule has 2 aromatic carbocycles. The number of carbonyl (C=O) groups excluding carboxylic acids is 2. The highest BCUT2D eigenvalue weighted by Gasteiger charge is 2.40. The van der Waals surface area contributed by atoms with E-state index in [4.69, 9.17) is 0 Å². The molecule has 0 aromatic heterocycles. The first-order chi connectivity index (χ1) is 13.4. The van der Waals surface area contributed by atoms with E-state index in [-0.39, 0.29) is 30.9 Å². The van der Waals surface area contributed by atoms with E-state index < -0.39 is 29.7 Å². The molecule has 0 spiro atoms. The zero-order valence-corrected chi connectivity index (χ0v) is 14.9. The Morgan fingerprint density at radius 2 is 1.82 bits per heavy atom. The molecule has 1 aliphatic carbocycles. The van der Waals surface area contributed by atoms with E-state index in [1.807, 2.05) is 0 Å². The molecule has 5 nitrogen and oxygen atoms in total. The lowest BCUT2D eigenvalue weighted by Crippen LogP contribution is -2.41. The van der Waals surface area contributed by atoms with Crippen molar-refractivity contribution in [3.8, 4) is 0 Å². The molecule has 1 aliphatic heterocycles. The fourth-order valence-corrected chi connectivity index (χ4v) is 3.77. The molecule has 0 bridgehead atoms. The Balaban J connectivity index is 1.50. The van der Waals surface area contributed by atoms with Crippen molar-refractivity contribution in [2.24, 2.45) is 0 Å². The number of amides is 2. The Hall–Kier alpha value is -3.06. The summed E-state index contributed by atoms with van der Waals surface area (Å²) in [5.74, 6) is -1.73. The van der Waals surface area contributed by atoms with Crippen LogP contribution in [0.4, 0.5) is 14.5 Å². The van der Waals surface area contributed by atoms with Crippen LogP contribution in [0, 0.1) is 11.6 Å². The number of benzene rings is 2. The van der Waals surface area contributed by atoms with Crippen molar-refractivity contribution in [2.45, 2.75) is 25.0 Å². The zero-order valence-electron chi connectivity index (χ0n) is 14.9. The highest BCUT2D eigenvalue weighted by atomic mass is 19.1. The summed E-state index contributed by atoms with van der Waals surface area (Å²) in [7, 11) is 0. The van der Waals surface area contributed by atoms with Crippen LogP contribution in [-0.2, 0) is 4.79 Å². The molecule has 0 saturated carbocycles. The number of aliphatic hydroxyl groups excluding tert-OH is 1. The second kappa shape index (κ2) is 7.16. The van der Waals surface area contributed by atoms with Crippen LogP contribution in [0.3, 0.4) is 0 Å². The molecule has 2 aromatic rings. The summed E-state index contributed by atoms with van der Waals surface area (Å²) < 4.78 is 26.8. The molecular formula is C21H18F2N2O3. The quantitative estimate of drug-likeness (QED) is 0.855. The Labute approximate surface area is 160 Å². The molecular weight excluding hydrogens is 366 g/mol. The van der Waals surface area contributed by atoms with Gasteiger partial charge < -0.3 is 15.3 Å². The van der Waals surface area contributed by atoms with Crippen LogP contribution in [0.15, 0.2) is 59.7 Å². The largest absolute Gasteiger partial charge is 0.389 e. The number of aliphatic hydroxyl groups is 1. The minimum atomic E-state index is -0.885. The molecule has 2 N–H and O–H groups in total. The van der Waals surface area contributed by atoms with Crippen LogP contribution >= 0.6 is 0 Å². The molecule has 0 saturated heterocycles. The average molecular weight is 384 g/mol. The van der Waals surface area contributed by atoms with Gasteiger partial charge in [-0.1, -0.05) is 12.1 Å². The van der Waals surface area contributed by atoms with Gasteiger partial charge >= 0.3 is 0 Å². The smallest absolute Gasteiger partial charge is 0.254 e. The van der Waals surface area contributed by atoms with Crippen molar-refractivity contribution >= 4 is 17.5 Å². The van der Waals surface area contributed by atoms with Gasteiger partial charge in [-0.2, -0.15) is 0 Å². The fraction of sp³-hybridized carbons (Fsp3) is 0.238. The predicted octanol–water partition coefficient (Wildman–Crippen LogP) is 2.56. The Bertz CT molecular complexity index is 989. The number of hydrogen-bond acceptors (Lipinski definition) is 3. The molecule has 7 heteroatoms. The van der Waals surface area contributed by atoms with E-state index in [1.165, 1.54) is 41.3 Å². The lowest BCUT2D eigenvalue weighted by molar-refractivity contribution is -0.114. The molecule has 0 unspecified atom stereocenters. The number of nitrogens with one attached hydrogen (secondary N) is 1. The number of rotatable bonds is 3. The normalized spacial score (nSPS) is 21.7. The van der Waals surface area contributed by atoms with Gasteiger partial charge in [0.15, 0.2) is 0 Å². The standard InChI is InChI=1S/C21H18F2N2O3/c22-13-4-1-3-12(7-13)20(27)24-15-9-17-18(19(26)10-15)11-25(21(17)28)16-6-2-5-14(23)8-16/h1-8,15,19,26H,9-11H2,(H,24,27)/t15-,19+/m0/s1. The summed E-state index contributed by atoms with van der Waals surface area (Å²) in [5.41, 5.74) is 1.64. The molecule has 2 amide bonds. The highest BCUT2D eigenvalue weighted by molar-refractivity contribution is 6.09. The monoisotopic (exact) mass is 384 g/mol. The second-order valence-corrected chi connectivity index (χ2v) is 7.01. The summed E-state index contributed by atoms with van der Waals surface area (Å²) in [4.78, 5) is 26.6. The summed E-state index contributed by atoms with van der Waals surface area (Å²) in [6.07, 6.45) is -0.369. The SMILES string of the molecule is O=C(N[C@H]1CC2=C(CN(c3cccc(F)c3)C2=O)[C@H](O)C1)c1cccc(F)c1. The number of anilines is 1. The highest BCUT2D eigenvalue weighted by Crippen LogP contribution is 2.35. The zero-order chi connectivity index (χ0) is 19.8. The van der Waals surface area contributed by atoms with Gasteiger partial charge in [-0.25, -0.2) is 8.78 Å². The van der Waals surface area contributed by atoms with E-state index in [2.05, 4.69) is 5.32 Å². The maximum absolute atomic E-state index is 13.5. The van der Waals surface area contributed by atoms with Crippen LogP contribution in [-0.4, -0.2) is 35.6 Å². The van der Waals surface area contributed by atoms with Crippen molar-refractivity contribution < 1.29 is 23.5 Å². The van der Waals surface area contributed by atoms with Crippen molar-refractivity contribution in [3.05, 3.63) is 76.9 Å². The van der Waals surface area contributed by atoms with E-state index in [0.29, 0.717) is 16.8 Å². The lowest BCUT2D eigenvalue weighted by atomic mass is 9.87. The Morgan fingerprint density at radius 3 is 2.54 bits per heavy atom. The Morgan fingerprint density at radius 1 is 1.11 bits per heavy atom. The topological polar surface area (TPSA) is 69.6 Å². The first-order valence-electron chi connectivity index (χ1n) is 8.96. The van der Waals surface area contributed by atoms with E-state index in [9.17, 15) is 23.5 Å². The minimum absolute atomic E-state index is 0.174. The van der Waals surface area contributed by atoms with Gasteiger partial charge in [-0.05, 0) is 54.8 Å². The van der Waals surface area contributed by atoms with Gasteiger partial charge in [-0.3, -0.25) is 9.59 Å². The number of nitrogens with zero attached hydrogens (tertiary/aromatic N) is 1. The van der Waals surface area contributed by atoms with Crippen LogP contribution in [0.1, 0.15) is 23.2 Å². The number of hydrogen-bond donors (Lipinski definition) is 2. The van der Waals surface area contributed by atoms with Gasteiger partial charge in [0.1, 0.15) is 11.6 Å². The molecule has 0 radical (unpaired) electrons. The summed E-state index contributed by atoms with van der Waals surface area (Å²) >= 11 is 0. The van der Waals surface area contributed by atoms with Gasteiger partial charge in [0, 0.05) is 22.9 Å². The molecule has 2 atom stereocenters. The van der Waals surface area contributed by atoms with Gasteiger partial charge in [0.2, 0.25) is 0 Å². The molecule has 0 fully saturated rings. The first-order valence-corrected chi connectivity index (χ1v) is 8.96. The molecule has 28 heavy (non-hydrogen) atoms. The third kappa shape index (κ3) is 3.41. The van der Waals surface area contributed by atoms with Crippen LogP contribution in [0.2, 0.25) is 0 Å². The van der Waals surface area contributed by atoms with Crippen molar-refractivity contribution in [2.75, 3.05) is 11.4 Å². The van der Waals surface area contributed by atoms with Gasteiger partial charge in [0.05, 0.1) is 12.6 Å². The molecule has 4 rings (SSSR count). The van der Waals surface area contributed by atoms with Crippen LogP contribution in [0.25, 0.3) is 0 Å². The van der Waals surface area contributed by atoms with Crippen LogP contribution < -0.4 is 10.2 Å². The van der Waals surface area contributed by atoms with E-state index in [0.717, 1.165) is 6.07 Å². The lowest BCUT2D eigenvalue weighted by Gasteiger charge is -2.27. The second-order valence-electron chi connectivity index (χ2n) is 7.01. The average Bonchev–Trinajstić information content (AvgIpc) is 2.99. The first kappa shape index (κ1) is 18.3. The third-order valence-corrected chi connectivity index (χ3v) is 5.12. The summed E-state index contributed by atoms with van der Waals surface area (Å²) in [5, 5.41) is 13.3. The van der Waals surface area contributed by atoms with Gasteiger partial charge in [0.25, 0.3) is 11.8 Å². The van der Waals surface area contributed by atoms with E-state index >= 15 is 0 Å². The predicted molar refractivity (Wildman–Crippen MR) is 98.7 cm³/mol. The fourth-order valence-electron chi connectivity index (χ4n) is 3.77. The number of halogens is 2. The minimum Gasteiger partial charge on any atom is -0.389 e. The van der Waals surface area contributed by atoms with Crippen molar-refractivity contribution in [3.63, 3.8) is 0 Å². The molecule has 144 valence electrons. The van der Waals surface area contributed by atoms with Crippen molar-refractivity contribution in [1.82, 2.24) is 5.32 Å². The summed E-state index contributed by atoms with van der Waals surface area (Å²) in [6, 6.07) is 10.6. The van der Waals surface area contributed by atoms with Crippen molar-refractivity contribution in [1.29, 1.82) is 0 Å². The van der Waals surface area contributed by atoms with Gasteiger partial charge in [-0.15, -0.1) is 0 Å². The molecule has 1 heterocycles. The van der Waals surface area contributed by atoms with Crippen LogP contribution in [0.5, 0.6) is 0 Å². The maximum Gasteiger partial charge on any atom is 0.254 e. The molecule has 2 aliphatic rings.